The monoisotopic (exact) mass is 372 g/mol. The van der Waals surface area contributed by atoms with Crippen molar-refractivity contribution in [3.63, 3.8) is 0 Å². The van der Waals surface area contributed by atoms with Gasteiger partial charge in [-0.25, -0.2) is 8.42 Å². The number of nitrogens with one attached hydrogen (secondary N) is 1. The van der Waals surface area contributed by atoms with E-state index in [9.17, 15) is 18.4 Å². The van der Waals surface area contributed by atoms with Crippen molar-refractivity contribution in [2.24, 2.45) is 0 Å². The summed E-state index contributed by atoms with van der Waals surface area (Å²) in [4.78, 5) is 12.0. The fraction of sp³-hybridized carbons (Fsp3) is 0.143. The molecule has 0 aliphatic carbocycles. The molecule has 1 amide bonds. The Bertz CT molecular complexity index is 840. The second kappa shape index (κ2) is 7.20. The second-order valence-corrected chi connectivity index (χ2v) is 8.03. The minimum atomic E-state index is -3.40. The van der Waals surface area contributed by atoms with Gasteiger partial charge in [0.1, 0.15) is 0 Å². The van der Waals surface area contributed by atoms with Crippen LogP contribution in [-0.2, 0) is 14.6 Å². The number of aromatic nitrogens is 1. The summed E-state index contributed by atoms with van der Waals surface area (Å²) >= 11 is 7.03. The molecule has 23 heavy (non-hydrogen) atoms. The molecule has 0 bridgehead atoms. The van der Waals surface area contributed by atoms with E-state index in [4.69, 9.17) is 11.6 Å². The first kappa shape index (κ1) is 17.6. The molecule has 2 rings (SSSR count). The van der Waals surface area contributed by atoms with Gasteiger partial charge >= 0.3 is 0 Å². The number of thioether (sulfide) groups is 1. The number of amides is 1. The average molecular weight is 373 g/mol. The molecule has 0 aliphatic rings. The Balaban J connectivity index is 2.07. The quantitative estimate of drug-likeness (QED) is 0.493. The number of anilines is 1. The number of rotatable bonds is 5. The lowest BCUT2D eigenvalue weighted by Crippen LogP contribution is -2.28. The molecule has 0 unspecified atom stereocenters. The van der Waals surface area contributed by atoms with Crippen LogP contribution >= 0.6 is 23.4 Å². The normalized spacial score (nSPS) is 11.2. The van der Waals surface area contributed by atoms with Crippen LogP contribution in [0.25, 0.3) is 0 Å². The molecule has 0 saturated heterocycles. The van der Waals surface area contributed by atoms with Gasteiger partial charge in [0.15, 0.2) is 16.0 Å². The van der Waals surface area contributed by atoms with Gasteiger partial charge in [0.25, 0.3) is 5.03 Å². The maximum atomic E-state index is 12.0. The van der Waals surface area contributed by atoms with Gasteiger partial charge in [-0.15, -0.1) is 0 Å². The van der Waals surface area contributed by atoms with Crippen molar-refractivity contribution in [1.82, 2.24) is 0 Å². The van der Waals surface area contributed by atoms with Crippen LogP contribution in [0.5, 0.6) is 0 Å². The van der Waals surface area contributed by atoms with Crippen molar-refractivity contribution in [2.75, 3.05) is 17.3 Å². The maximum absolute atomic E-state index is 12.0. The van der Waals surface area contributed by atoms with Crippen LogP contribution in [0, 0.1) is 5.21 Å². The number of benzene rings is 1. The molecule has 1 aromatic heterocycles. The van der Waals surface area contributed by atoms with Crippen LogP contribution in [0.3, 0.4) is 0 Å². The summed E-state index contributed by atoms with van der Waals surface area (Å²) in [6.45, 7) is 0. The summed E-state index contributed by atoms with van der Waals surface area (Å²) in [5, 5.41) is 14.6. The standard InChI is InChI=1S/C14H13ClN2O4S2/c1-23(20,21)10-5-6-11(15)12(8-10)16-13(18)9-22-14-4-2-3-7-17(14)19/h2-8H,9H2,1H3,(H,16,18). The zero-order valence-electron chi connectivity index (χ0n) is 12.0. The Morgan fingerprint density at radius 2 is 2.09 bits per heavy atom. The van der Waals surface area contributed by atoms with Gasteiger partial charge < -0.3 is 10.5 Å². The molecule has 2 aromatic rings. The van der Waals surface area contributed by atoms with Crippen LogP contribution in [0.2, 0.25) is 5.02 Å². The van der Waals surface area contributed by atoms with E-state index in [0.29, 0.717) is 9.76 Å². The number of hydrogen-bond donors (Lipinski definition) is 1. The van der Waals surface area contributed by atoms with Gasteiger partial charge in [-0.2, -0.15) is 4.73 Å². The highest BCUT2D eigenvalue weighted by Gasteiger charge is 2.14. The highest BCUT2D eigenvalue weighted by molar-refractivity contribution is 7.99. The van der Waals surface area contributed by atoms with Gasteiger partial charge in [-0.1, -0.05) is 11.6 Å². The van der Waals surface area contributed by atoms with Gasteiger partial charge in [-0.3, -0.25) is 4.79 Å². The molecular formula is C14H13ClN2O4S2. The van der Waals surface area contributed by atoms with Crippen LogP contribution < -0.4 is 10.0 Å². The predicted octanol–water partition coefficient (Wildman–Crippen LogP) is 2.11. The number of pyridine rings is 1. The van der Waals surface area contributed by atoms with Gasteiger partial charge in [0.05, 0.1) is 21.4 Å². The predicted molar refractivity (Wildman–Crippen MR) is 89.3 cm³/mol. The number of nitrogens with zero attached hydrogens (tertiary/aromatic N) is 1. The third-order valence-electron chi connectivity index (χ3n) is 2.78. The van der Waals surface area contributed by atoms with E-state index in [1.807, 2.05) is 0 Å². The zero-order chi connectivity index (χ0) is 17.0. The summed E-state index contributed by atoms with van der Waals surface area (Å²) in [5.74, 6) is -0.405. The lowest BCUT2D eigenvalue weighted by Gasteiger charge is -2.09. The second-order valence-electron chi connectivity index (χ2n) is 4.62. The first-order valence-corrected chi connectivity index (χ1v) is 9.63. The van der Waals surface area contributed by atoms with Crippen molar-refractivity contribution in [2.45, 2.75) is 9.92 Å². The molecule has 0 atom stereocenters. The molecule has 1 N–H and O–H groups in total. The Labute approximate surface area is 143 Å². The molecule has 0 radical (unpaired) electrons. The molecule has 0 spiro atoms. The van der Waals surface area contributed by atoms with E-state index in [1.54, 1.807) is 18.2 Å². The maximum Gasteiger partial charge on any atom is 0.251 e. The topological polar surface area (TPSA) is 90.2 Å². The number of hydrogen-bond acceptors (Lipinski definition) is 5. The lowest BCUT2D eigenvalue weighted by atomic mass is 10.3. The van der Waals surface area contributed by atoms with E-state index in [2.05, 4.69) is 5.32 Å². The van der Waals surface area contributed by atoms with Crippen LogP contribution in [0.1, 0.15) is 0 Å². The molecule has 6 nitrogen and oxygen atoms in total. The van der Waals surface area contributed by atoms with E-state index in [-0.39, 0.29) is 21.4 Å². The fourth-order valence-corrected chi connectivity index (χ4v) is 3.21. The van der Waals surface area contributed by atoms with Crippen molar-refractivity contribution in [3.8, 4) is 0 Å². The number of sulfone groups is 1. The van der Waals surface area contributed by atoms with Crippen LogP contribution in [0.15, 0.2) is 52.5 Å². The van der Waals surface area contributed by atoms with Crippen molar-refractivity contribution >= 4 is 44.8 Å². The molecule has 0 aliphatic heterocycles. The van der Waals surface area contributed by atoms with Crippen molar-refractivity contribution in [1.29, 1.82) is 0 Å². The summed E-state index contributed by atoms with van der Waals surface area (Å²) in [7, 11) is -3.40. The summed E-state index contributed by atoms with van der Waals surface area (Å²) < 4.78 is 23.7. The first-order chi connectivity index (χ1) is 10.8. The minimum Gasteiger partial charge on any atom is -0.618 e. The fourth-order valence-electron chi connectivity index (χ4n) is 1.68. The highest BCUT2D eigenvalue weighted by Crippen LogP contribution is 2.25. The van der Waals surface area contributed by atoms with Crippen LogP contribution in [-0.4, -0.2) is 26.3 Å². The zero-order valence-corrected chi connectivity index (χ0v) is 14.4. The first-order valence-electron chi connectivity index (χ1n) is 6.38. The number of halogens is 1. The Morgan fingerprint density at radius 1 is 1.35 bits per heavy atom. The Morgan fingerprint density at radius 3 is 2.74 bits per heavy atom. The highest BCUT2D eigenvalue weighted by atomic mass is 35.5. The van der Waals surface area contributed by atoms with E-state index >= 15 is 0 Å². The molecule has 0 fully saturated rings. The molecule has 0 saturated carbocycles. The van der Waals surface area contributed by atoms with E-state index in [1.165, 1.54) is 24.4 Å². The average Bonchev–Trinajstić information content (AvgIpc) is 2.47. The summed E-state index contributed by atoms with van der Waals surface area (Å²) in [5.41, 5.74) is 0.211. The third-order valence-corrected chi connectivity index (χ3v) is 5.24. The third kappa shape index (κ3) is 4.85. The lowest BCUT2D eigenvalue weighted by molar-refractivity contribution is -0.645. The SMILES string of the molecule is CS(=O)(=O)c1ccc(Cl)c(NC(=O)CSc2cccc[n+]2[O-])c1. The molecule has 1 heterocycles. The van der Waals surface area contributed by atoms with Gasteiger partial charge in [-0.05, 0) is 36.0 Å². The van der Waals surface area contributed by atoms with Gasteiger partial charge in [0, 0.05) is 18.4 Å². The van der Waals surface area contributed by atoms with E-state index < -0.39 is 15.7 Å². The Kier molecular flexibility index (Phi) is 5.51. The number of carbonyl (C=O) groups excluding carboxylic acids is 1. The molecule has 122 valence electrons. The van der Waals surface area contributed by atoms with Crippen LogP contribution in [0.4, 0.5) is 5.69 Å². The van der Waals surface area contributed by atoms with E-state index in [0.717, 1.165) is 18.0 Å². The molecule has 9 heteroatoms. The smallest absolute Gasteiger partial charge is 0.251 e. The van der Waals surface area contributed by atoms with Crippen molar-refractivity contribution in [3.05, 3.63) is 52.8 Å². The van der Waals surface area contributed by atoms with Gasteiger partial charge in [0.2, 0.25) is 5.91 Å². The summed E-state index contributed by atoms with van der Waals surface area (Å²) in [6, 6.07) is 8.96. The molecular weight excluding hydrogens is 360 g/mol. The number of carbonyl (C=O) groups is 1. The minimum absolute atomic E-state index is 0.00825. The largest absolute Gasteiger partial charge is 0.618 e. The summed E-state index contributed by atoms with van der Waals surface area (Å²) in [6.07, 6.45) is 2.41. The van der Waals surface area contributed by atoms with Crippen molar-refractivity contribution < 1.29 is 17.9 Å². The molecule has 1 aromatic carbocycles. The Hall–Kier alpha value is -1.77.